The third kappa shape index (κ3) is 4.42. The van der Waals surface area contributed by atoms with Gasteiger partial charge in [-0.2, -0.15) is 0 Å². The first-order valence-corrected chi connectivity index (χ1v) is 9.09. The third-order valence-electron chi connectivity index (χ3n) is 3.58. The lowest BCUT2D eigenvalue weighted by Crippen LogP contribution is -2.11. The van der Waals surface area contributed by atoms with Crippen LogP contribution in [0.25, 0.3) is 22.5 Å². The Morgan fingerprint density at radius 1 is 0.760 bits per heavy atom. The molecule has 0 unspecified atom stereocenters. The number of hydrogen-bond acceptors (Lipinski definition) is 3. The van der Waals surface area contributed by atoms with E-state index in [0.29, 0.717) is 11.6 Å². The Hall–Kier alpha value is -1.39. The van der Waals surface area contributed by atoms with Gasteiger partial charge < -0.3 is 0 Å². The molecule has 0 spiro atoms. The summed E-state index contributed by atoms with van der Waals surface area (Å²) in [5.41, 5.74) is 4.24. The van der Waals surface area contributed by atoms with E-state index in [1.807, 2.05) is 24.3 Å². The Morgan fingerprint density at radius 3 is 1.80 bits per heavy atom. The molecule has 0 N–H and O–H groups in total. The van der Waals surface area contributed by atoms with Crippen LogP contribution in [0.1, 0.15) is 17.2 Å². The number of nitrogens with zero attached hydrogens (tertiary/aromatic N) is 3. The van der Waals surface area contributed by atoms with Gasteiger partial charge in [-0.25, -0.2) is 15.0 Å². The van der Waals surface area contributed by atoms with Gasteiger partial charge in [0.05, 0.1) is 5.88 Å². The Bertz CT molecular complexity index is 872. The summed E-state index contributed by atoms with van der Waals surface area (Å²) >= 11 is 23.5. The Labute approximate surface area is 166 Å². The predicted octanol–water partition coefficient (Wildman–Crippen LogP) is 6.08. The molecule has 0 atom stereocenters. The average molecular weight is 413 g/mol. The van der Waals surface area contributed by atoms with Crippen molar-refractivity contribution < 1.29 is 0 Å². The van der Waals surface area contributed by atoms with Gasteiger partial charge in [-0.3, -0.25) is 0 Å². The number of aromatic nitrogens is 3. The quantitative estimate of drug-likeness (QED) is 0.489. The number of rotatable bonds is 3. The van der Waals surface area contributed by atoms with E-state index in [1.54, 1.807) is 0 Å². The van der Waals surface area contributed by atoms with Gasteiger partial charge in [0.2, 0.25) is 3.79 Å². The highest BCUT2D eigenvalue weighted by Gasteiger charge is 2.28. The van der Waals surface area contributed by atoms with Crippen molar-refractivity contribution in [3.8, 4) is 22.5 Å². The molecule has 7 heteroatoms. The van der Waals surface area contributed by atoms with E-state index in [4.69, 9.17) is 46.4 Å². The standard InChI is InChI=1S/C18H13Cl4N3/c1-11-2-4-12(5-3-11)13-6-8-14(9-7-13)16-23-15(10-19)24-17(25-16)18(20,21)22/h2-9H,10H2,1H3. The first-order valence-electron chi connectivity index (χ1n) is 7.42. The maximum absolute atomic E-state index is 5.90. The zero-order chi connectivity index (χ0) is 18.0. The number of benzene rings is 2. The molecule has 3 aromatic rings. The Balaban J connectivity index is 1.98. The van der Waals surface area contributed by atoms with Crippen molar-refractivity contribution in [2.75, 3.05) is 0 Å². The third-order valence-corrected chi connectivity index (χ3v) is 4.33. The fraction of sp³-hybridized carbons (Fsp3) is 0.167. The highest BCUT2D eigenvalue weighted by Crippen LogP contribution is 2.36. The summed E-state index contributed by atoms with van der Waals surface area (Å²) in [4.78, 5) is 12.7. The van der Waals surface area contributed by atoms with Crippen molar-refractivity contribution in [3.63, 3.8) is 0 Å². The fourth-order valence-corrected chi connectivity index (χ4v) is 2.67. The monoisotopic (exact) mass is 411 g/mol. The average Bonchev–Trinajstić information content (AvgIpc) is 2.61. The summed E-state index contributed by atoms with van der Waals surface area (Å²) in [6.07, 6.45) is 0. The summed E-state index contributed by atoms with van der Waals surface area (Å²) in [7, 11) is 0. The van der Waals surface area contributed by atoms with E-state index in [0.717, 1.165) is 16.7 Å². The molecule has 0 saturated carbocycles. The van der Waals surface area contributed by atoms with Crippen LogP contribution in [0.3, 0.4) is 0 Å². The van der Waals surface area contributed by atoms with Crippen LogP contribution in [0.5, 0.6) is 0 Å². The molecular weight excluding hydrogens is 400 g/mol. The number of hydrogen-bond donors (Lipinski definition) is 0. The molecule has 128 valence electrons. The van der Waals surface area contributed by atoms with Crippen LogP contribution in [0, 0.1) is 6.92 Å². The number of aryl methyl sites for hydroxylation is 1. The lowest BCUT2D eigenvalue weighted by Gasteiger charge is -2.12. The van der Waals surface area contributed by atoms with Crippen LogP contribution in [0.15, 0.2) is 48.5 Å². The molecule has 0 bridgehead atoms. The second-order valence-electron chi connectivity index (χ2n) is 5.47. The summed E-state index contributed by atoms with van der Waals surface area (Å²) in [6.45, 7) is 2.06. The topological polar surface area (TPSA) is 38.7 Å². The van der Waals surface area contributed by atoms with Gasteiger partial charge in [-0.15, -0.1) is 11.6 Å². The van der Waals surface area contributed by atoms with Gasteiger partial charge in [-0.05, 0) is 18.1 Å². The minimum absolute atomic E-state index is 0.0563. The number of alkyl halides is 4. The molecule has 0 aliphatic heterocycles. The van der Waals surface area contributed by atoms with E-state index in [9.17, 15) is 0 Å². The summed E-state index contributed by atoms with van der Waals surface area (Å²) in [5.74, 6) is 0.934. The zero-order valence-electron chi connectivity index (χ0n) is 13.2. The van der Waals surface area contributed by atoms with E-state index in [1.165, 1.54) is 5.56 Å². The molecule has 0 fully saturated rings. The molecule has 0 saturated heterocycles. The number of halogens is 4. The van der Waals surface area contributed by atoms with Crippen LogP contribution in [-0.2, 0) is 9.67 Å². The highest BCUT2D eigenvalue weighted by atomic mass is 35.6. The Morgan fingerprint density at radius 2 is 1.28 bits per heavy atom. The van der Waals surface area contributed by atoms with Crippen LogP contribution >= 0.6 is 46.4 Å². The van der Waals surface area contributed by atoms with Gasteiger partial charge in [0, 0.05) is 5.56 Å². The first-order chi connectivity index (χ1) is 11.9. The van der Waals surface area contributed by atoms with E-state index < -0.39 is 3.79 Å². The summed E-state index contributed by atoms with van der Waals surface area (Å²) < 4.78 is -1.74. The molecule has 0 aliphatic carbocycles. The molecule has 0 radical (unpaired) electrons. The van der Waals surface area contributed by atoms with Crippen molar-refractivity contribution >= 4 is 46.4 Å². The van der Waals surface area contributed by atoms with Gasteiger partial charge in [0.1, 0.15) is 5.82 Å². The van der Waals surface area contributed by atoms with Crippen LogP contribution in [0.2, 0.25) is 0 Å². The molecule has 2 aromatic carbocycles. The molecule has 25 heavy (non-hydrogen) atoms. The van der Waals surface area contributed by atoms with Crippen LogP contribution in [0.4, 0.5) is 0 Å². The smallest absolute Gasteiger partial charge is 0.212 e. The van der Waals surface area contributed by atoms with Gasteiger partial charge in [-0.1, -0.05) is 88.9 Å². The largest absolute Gasteiger partial charge is 0.250 e. The summed E-state index contributed by atoms with van der Waals surface area (Å²) in [5, 5.41) is 0. The van der Waals surface area contributed by atoms with Crippen molar-refractivity contribution in [3.05, 3.63) is 65.7 Å². The minimum Gasteiger partial charge on any atom is -0.212 e. The normalized spacial score (nSPS) is 11.6. The van der Waals surface area contributed by atoms with Crippen molar-refractivity contribution in [2.24, 2.45) is 0 Å². The van der Waals surface area contributed by atoms with E-state index in [-0.39, 0.29) is 11.7 Å². The predicted molar refractivity (Wildman–Crippen MR) is 104 cm³/mol. The molecule has 3 nitrogen and oxygen atoms in total. The van der Waals surface area contributed by atoms with Gasteiger partial charge >= 0.3 is 0 Å². The molecular formula is C18H13Cl4N3. The second kappa shape index (κ2) is 7.46. The maximum atomic E-state index is 5.90. The molecule has 1 heterocycles. The Kier molecular flexibility index (Phi) is 5.49. The van der Waals surface area contributed by atoms with Gasteiger partial charge in [0.15, 0.2) is 11.6 Å². The van der Waals surface area contributed by atoms with Crippen LogP contribution < -0.4 is 0 Å². The highest BCUT2D eigenvalue weighted by molar-refractivity contribution is 6.66. The first kappa shape index (κ1) is 18.4. The van der Waals surface area contributed by atoms with E-state index in [2.05, 4.69) is 46.1 Å². The van der Waals surface area contributed by atoms with Crippen molar-refractivity contribution in [2.45, 2.75) is 16.6 Å². The lowest BCUT2D eigenvalue weighted by molar-refractivity contribution is 0.875. The molecule has 0 aliphatic rings. The lowest BCUT2D eigenvalue weighted by atomic mass is 10.0. The second-order valence-corrected chi connectivity index (χ2v) is 8.02. The van der Waals surface area contributed by atoms with Crippen molar-refractivity contribution in [1.82, 2.24) is 15.0 Å². The van der Waals surface area contributed by atoms with E-state index >= 15 is 0 Å². The maximum Gasteiger partial charge on any atom is 0.250 e. The summed E-state index contributed by atoms with van der Waals surface area (Å²) in [6, 6.07) is 16.2. The zero-order valence-corrected chi connectivity index (χ0v) is 16.2. The fourth-order valence-electron chi connectivity index (χ4n) is 2.29. The minimum atomic E-state index is -1.74. The molecule has 0 amide bonds. The molecule has 3 rings (SSSR count). The van der Waals surface area contributed by atoms with Crippen molar-refractivity contribution in [1.29, 1.82) is 0 Å². The van der Waals surface area contributed by atoms with Crippen LogP contribution in [-0.4, -0.2) is 15.0 Å². The SMILES string of the molecule is Cc1ccc(-c2ccc(-c3nc(CCl)nc(C(Cl)(Cl)Cl)n3)cc2)cc1. The molecule has 1 aromatic heterocycles. The van der Waals surface area contributed by atoms with Gasteiger partial charge in [0.25, 0.3) is 0 Å².